The zero-order valence-corrected chi connectivity index (χ0v) is 9.53. The molecule has 2 rings (SSSR count). The molecule has 0 amide bonds. The van der Waals surface area contributed by atoms with Gasteiger partial charge in [-0.25, -0.2) is 0 Å². The van der Waals surface area contributed by atoms with E-state index in [1.807, 2.05) is 31.2 Å². The molecule has 16 heavy (non-hydrogen) atoms. The first-order valence-electron chi connectivity index (χ1n) is 5.56. The molecule has 86 valence electrons. The van der Waals surface area contributed by atoms with Crippen LogP contribution >= 0.6 is 0 Å². The number of nitrogens with two attached hydrogens (primary N) is 1. The molecule has 1 aromatic carbocycles. The number of Topliss-reactive ketones (excluding diaryl/α,β-unsaturated/α-hetero) is 1. The summed E-state index contributed by atoms with van der Waals surface area (Å²) in [5, 5.41) is 0. The Kier molecular flexibility index (Phi) is 3.08. The number of ether oxygens (including phenoxy) is 1. The quantitative estimate of drug-likeness (QED) is 0.831. The Morgan fingerprint density at radius 1 is 1.50 bits per heavy atom. The number of rotatable bonds is 3. The van der Waals surface area contributed by atoms with E-state index in [9.17, 15) is 4.79 Å². The SMILES string of the molecule is Cc1ccccc1CC(=O)C1(N)CCOC1. The molecule has 1 unspecified atom stereocenters. The predicted octanol–water partition coefficient (Wildman–Crippen LogP) is 1.22. The van der Waals surface area contributed by atoms with Crippen molar-refractivity contribution in [1.82, 2.24) is 0 Å². The Balaban J connectivity index is 2.10. The summed E-state index contributed by atoms with van der Waals surface area (Å²) in [5.41, 5.74) is 7.46. The number of carbonyl (C=O) groups is 1. The van der Waals surface area contributed by atoms with E-state index in [4.69, 9.17) is 10.5 Å². The van der Waals surface area contributed by atoms with Crippen LogP contribution in [0.15, 0.2) is 24.3 Å². The summed E-state index contributed by atoms with van der Waals surface area (Å²) < 4.78 is 5.20. The zero-order chi connectivity index (χ0) is 11.6. The first kappa shape index (κ1) is 11.3. The maximum Gasteiger partial charge on any atom is 0.159 e. The van der Waals surface area contributed by atoms with Gasteiger partial charge in [-0.1, -0.05) is 24.3 Å². The average molecular weight is 219 g/mol. The van der Waals surface area contributed by atoms with Gasteiger partial charge in [-0.2, -0.15) is 0 Å². The molecular formula is C13H17NO2. The van der Waals surface area contributed by atoms with Crippen molar-refractivity contribution in [3.63, 3.8) is 0 Å². The summed E-state index contributed by atoms with van der Waals surface area (Å²) in [6, 6.07) is 7.91. The van der Waals surface area contributed by atoms with Gasteiger partial charge in [0.1, 0.15) is 5.54 Å². The standard InChI is InChI=1S/C13H17NO2/c1-10-4-2-3-5-11(10)8-12(15)13(14)6-7-16-9-13/h2-5H,6-9,14H2,1H3. The van der Waals surface area contributed by atoms with Gasteiger partial charge in [0.2, 0.25) is 0 Å². The molecule has 1 aliphatic heterocycles. The molecule has 3 heteroatoms. The van der Waals surface area contributed by atoms with E-state index in [1.165, 1.54) is 0 Å². The second-order valence-corrected chi connectivity index (χ2v) is 4.49. The summed E-state index contributed by atoms with van der Waals surface area (Å²) in [6.07, 6.45) is 1.05. The lowest BCUT2D eigenvalue weighted by molar-refractivity contribution is -0.123. The van der Waals surface area contributed by atoms with Crippen molar-refractivity contribution >= 4 is 5.78 Å². The number of ketones is 1. The third-order valence-corrected chi connectivity index (χ3v) is 3.22. The molecule has 1 atom stereocenters. The van der Waals surface area contributed by atoms with E-state index < -0.39 is 5.54 Å². The van der Waals surface area contributed by atoms with Crippen molar-refractivity contribution in [3.8, 4) is 0 Å². The number of carbonyl (C=O) groups excluding carboxylic acids is 1. The average Bonchev–Trinajstić information content (AvgIpc) is 2.70. The fourth-order valence-electron chi connectivity index (χ4n) is 1.96. The van der Waals surface area contributed by atoms with E-state index in [2.05, 4.69) is 0 Å². The number of benzene rings is 1. The lowest BCUT2D eigenvalue weighted by Crippen LogP contribution is -2.49. The first-order valence-corrected chi connectivity index (χ1v) is 5.56. The van der Waals surface area contributed by atoms with E-state index in [1.54, 1.807) is 0 Å². The molecular weight excluding hydrogens is 202 g/mol. The van der Waals surface area contributed by atoms with Crippen LogP contribution in [0.25, 0.3) is 0 Å². The lowest BCUT2D eigenvalue weighted by atomic mass is 9.89. The van der Waals surface area contributed by atoms with E-state index in [0.29, 0.717) is 26.1 Å². The third-order valence-electron chi connectivity index (χ3n) is 3.22. The summed E-state index contributed by atoms with van der Waals surface area (Å²) in [4.78, 5) is 12.1. The van der Waals surface area contributed by atoms with Crippen molar-refractivity contribution in [2.45, 2.75) is 25.3 Å². The van der Waals surface area contributed by atoms with Crippen LogP contribution in [0.2, 0.25) is 0 Å². The Morgan fingerprint density at radius 3 is 2.88 bits per heavy atom. The monoisotopic (exact) mass is 219 g/mol. The van der Waals surface area contributed by atoms with E-state index in [0.717, 1.165) is 11.1 Å². The topological polar surface area (TPSA) is 52.3 Å². The van der Waals surface area contributed by atoms with Gasteiger partial charge in [-0.15, -0.1) is 0 Å². The summed E-state index contributed by atoms with van der Waals surface area (Å²) in [6.45, 7) is 2.96. The smallest absolute Gasteiger partial charge is 0.159 e. The molecule has 0 radical (unpaired) electrons. The first-order chi connectivity index (χ1) is 7.62. The minimum atomic E-state index is -0.762. The molecule has 0 saturated carbocycles. The molecule has 2 N–H and O–H groups in total. The minimum absolute atomic E-state index is 0.0827. The van der Waals surface area contributed by atoms with Gasteiger partial charge < -0.3 is 10.5 Å². The van der Waals surface area contributed by atoms with Gasteiger partial charge >= 0.3 is 0 Å². The van der Waals surface area contributed by atoms with Crippen molar-refractivity contribution in [1.29, 1.82) is 0 Å². The molecule has 1 heterocycles. The van der Waals surface area contributed by atoms with Crippen molar-refractivity contribution < 1.29 is 9.53 Å². The molecule has 0 aromatic heterocycles. The third kappa shape index (κ3) is 2.15. The van der Waals surface area contributed by atoms with Crippen LogP contribution in [0.4, 0.5) is 0 Å². The van der Waals surface area contributed by atoms with Crippen LogP contribution in [-0.4, -0.2) is 24.5 Å². The lowest BCUT2D eigenvalue weighted by Gasteiger charge is -2.20. The Morgan fingerprint density at radius 2 is 2.25 bits per heavy atom. The largest absolute Gasteiger partial charge is 0.379 e. The molecule has 3 nitrogen and oxygen atoms in total. The van der Waals surface area contributed by atoms with Gasteiger partial charge in [0.05, 0.1) is 6.61 Å². The Bertz CT molecular complexity index is 395. The normalized spacial score (nSPS) is 24.6. The summed E-state index contributed by atoms with van der Waals surface area (Å²) in [5.74, 6) is 0.0827. The van der Waals surface area contributed by atoms with E-state index >= 15 is 0 Å². The van der Waals surface area contributed by atoms with Crippen LogP contribution in [0.3, 0.4) is 0 Å². The van der Waals surface area contributed by atoms with Crippen molar-refractivity contribution in [3.05, 3.63) is 35.4 Å². The fraction of sp³-hybridized carbons (Fsp3) is 0.462. The van der Waals surface area contributed by atoms with Crippen LogP contribution in [0.5, 0.6) is 0 Å². The highest BCUT2D eigenvalue weighted by molar-refractivity contribution is 5.90. The maximum absolute atomic E-state index is 12.1. The molecule has 1 fully saturated rings. The van der Waals surface area contributed by atoms with Crippen LogP contribution < -0.4 is 5.73 Å². The predicted molar refractivity (Wildman–Crippen MR) is 62.2 cm³/mol. The number of hydrogen-bond acceptors (Lipinski definition) is 3. The van der Waals surface area contributed by atoms with Crippen molar-refractivity contribution in [2.24, 2.45) is 5.73 Å². The highest BCUT2D eigenvalue weighted by Crippen LogP contribution is 2.19. The second-order valence-electron chi connectivity index (χ2n) is 4.49. The van der Waals surface area contributed by atoms with E-state index in [-0.39, 0.29) is 5.78 Å². The van der Waals surface area contributed by atoms with Gasteiger partial charge in [0.25, 0.3) is 0 Å². The molecule has 0 bridgehead atoms. The Hall–Kier alpha value is -1.19. The Labute approximate surface area is 95.6 Å². The van der Waals surface area contributed by atoms with Gasteiger partial charge in [-0.05, 0) is 24.5 Å². The molecule has 1 aliphatic rings. The zero-order valence-electron chi connectivity index (χ0n) is 9.53. The van der Waals surface area contributed by atoms with Gasteiger partial charge in [-0.3, -0.25) is 4.79 Å². The highest BCUT2D eigenvalue weighted by Gasteiger charge is 2.37. The maximum atomic E-state index is 12.1. The van der Waals surface area contributed by atoms with Crippen LogP contribution in [0.1, 0.15) is 17.5 Å². The summed E-state index contributed by atoms with van der Waals surface area (Å²) >= 11 is 0. The minimum Gasteiger partial charge on any atom is -0.379 e. The van der Waals surface area contributed by atoms with Crippen LogP contribution in [-0.2, 0) is 16.0 Å². The second kappa shape index (κ2) is 4.36. The van der Waals surface area contributed by atoms with Crippen molar-refractivity contribution in [2.75, 3.05) is 13.2 Å². The molecule has 0 spiro atoms. The van der Waals surface area contributed by atoms with Gasteiger partial charge in [0, 0.05) is 13.0 Å². The molecule has 0 aliphatic carbocycles. The van der Waals surface area contributed by atoms with Crippen LogP contribution in [0, 0.1) is 6.92 Å². The highest BCUT2D eigenvalue weighted by atomic mass is 16.5. The molecule has 1 aromatic rings. The number of aryl methyl sites for hydroxylation is 1. The fourth-order valence-corrected chi connectivity index (χ4v) is 1.96. The molecule has 1 saturated heterocycles. The summed E-state index contributed by atoms with van der Waals surface area (Å²) in [7, 11) is 0. The van der Waals surface area contributed by atoms with Gasteiger partial charge in [0.15, 0.2) is 5.78 Å². The number of hydrogen-bond donors (Lipinski definition) is 1.